The lowest BCUT2D eigenvalue weighted by molar-refractivity contribution is -0.139. The number of allylic oxidation sites excluding steroid dienone is 1. The molecule has 7 heteroatoms. The highest BCUT2D eigenvalue weighted by molar-refractivity contribution is 5.95. The summed E-state index contributed by atoms with van der Waals surface area (Å²) in [6.45, 7) is 5.91. The molecule has 0 saturated carbocycles. The van der Waals surface area contributed by atoms with Crippen molar-refractivity contribution in [2.24, 2.45) is 0 Å². The molecule has 1 aromatic rings. The van der Waals surface area contributed by atoms with Crippen LogP contribution in [0.3, 0.4) is 0 Å². The smallest absolute Gasteiger partial charge is 0.338 e. The largest absolute Gasteiger partial charge is 0.493 e. The van der Waals surface area contributed by atoms with Crippen LogP contribution in [-0.2, 0) is 9.53 Å². The number of urea groups is 1. The van der Waals surface area contributed by atoms with Gasteiger partial charge in [-0.15, -0.1) is 0 Å². The van der Waals surface area contributed by atoms with Crippen molar-refractivity contribution >= 4 is 12.0 Å². The number of para-hydroxylation sites is 1. The number of ether oxygens (including phenoxy) is 3. The van der Waals surface area contributed by atoms with Crippen LogP contribution in [0.1, 0.15) is 32.4 Å². The summed E-state index contributed by atoms with van der Waals surface area (Å²) in [4.78, 5) is 24.3. The highest BCUT2D eigenvalue weighted by Gasteiger charge is 2.34. The Morgan fingerprint density at radius 3 is 2.62 bits per heavy atom. The van der Waals surface area contributed by atoms with E-state index in [0.29, 0.717) is 34.9 Å². The molecular formula is C17H22N2O5. The third kappa shape index (κ3) is 3.45. The molecule has 0 radical (unpaired) electrons. The van der Waals surface area contributed by atoms with Gasteiger partial charge in [0, 0.05) is 11.3 Å². The second kappa shape index (κ2) is 7.72. The molecule has 0 fully saturated rings. The number of hydrogen-bond acceptors (Lipinski definition) is 5. The summed E-state index contributed by atoms with van der Waals surface area (Å²) in [7, 11) is 1.54. The number of methoxy groups -OCH3 is 1. The minimum atomic E-state index is -0.686. The molecule has 0 bridgehead atoms. The van der Waals surface area contributed by atoms with Crippen LogP contribution >= 0.6 is 0 Å². The van der Waals surface area contributed by atoms with Crippen molar-refractivity contribution in [3.8, 4) is 11.5 Å². The van der Waals surface area contributed by atoms with Gasteiger partial charge in [-0.2, -0.15) is 0 Å². The van der Waals surface area contributed by atoms with E-state index in [1.54, 1.807) is 32.0 Å². The topological polar surface area (TPSA) is 85.9 Å². The number of nitrogens with one attached hydrogen (secondary N) is 2. The minimum absolute atomic E-state index is 0.243. The highest BCUT2D eigenvalue weighted by atomic mass is 16.5. The second-order valence-corrected chi connectivity index (χ2v) is 5.10. The van der Waals surface area contributed by atoms with Gasteiger partial charge in [-0.25, -0.2) is 9.59 Å². The first-order valence-corrected chi connectivity index (χ1v) is 7.78. The van der Waals surface area contributed by atoms with Crippen molar-refractivity contribution in [2.75, 3.05) is 20.3 Å². The number of rotatable bonds is 6. The molecule has 1 unspecified atom stereocenters. The zero-order chi connectivity index (χ0) is 17.7. The summed E-state index contributed by atoms with van der Waals surface area (Å²) in [6, 6.07) is 4.25. The van der Waals surface area contributed by atoms with Crippen LogP contribution in [0.4, 0.5) is 4.79 Å². The van der Waals surface area contributed by atoms with Crippen LogP contribution in [0, 0.1) is 0 Å². The SMILES string of the molecule is CCOC(=O)C1=C(C)NC(=O)NC1c1cccc(OC)c1OCC. The van der Waals surface area contributed by atoms with E-state index in [0.717, 1.165) is 0 Å². The van der Waals surface area contributed by atoms with Gasteiger partial charge in [0.1, 0.15) is 0 Å². The lowest BCUT2D eigenvalue weighted by Crippen LogP contribution is -2.45. The Bertz CT molecular complexity index is 669. The number of benzene rings is 1. The molecule has 0 aromatic heterocycles. The average molecular weight is 334 g/mol. The van der Waals surface area contributed by atoms with Crippen LogP contribution < -0.4 is 20.1 Å². The van der Waals surface area contributed by atoms with Crippen molar-refractivity contribution in [1.82, 2.24) is 10.6 Å². The summed E-state index contributed by atoms with van der Waals surface area (Å²) in [6.07, 6.45) is 0. The Labute approximate surface area is 141 Å². The van der Waals surface area contributed by atoms with Gasteiger partial charge in [0.05, 0.1) is 31.9 Å². The van der Waals surface area contributed by atoms with Crippen LogP contribution in [0.25, 0.3) is 0 Å². The third-order valence-electron chi connectivity index (χ3n) is 3.59. The fourth-order valence-electron chi connectivity index (χ4n) is 2.63. The standard InChI is InChI=1S/C17H22N2O5/c1-5-23-15-11(8-7-9-12(15)22-4)14-13(16(20)24-6-2)10(3)18-17(21)19-14/h7-9,14H,5-6H2,1-4H3,(H2,18,19,21). The molecule has 1 atom stereocenters. The maximum absolute atomic E-state index is 12.4. The molecule has 1 aliphatic heterocycles. The number of hydrogen-bond donors (Lipinski definition) is 2. The highest BCUT2D eigenvalue weighted by Crippen LogP contribution is 2.39. The van der Waals surface area contributed by atoms with E-state index in [2.05, 4.69) is 10.6 Å². The summed E-state index contributed by atoms with van der Waals surface area (Å²) >= 11 is 0. The Morgan fingerprint density at radius 1 is 1.25 bits per heavy atom. The molecule has 7 nitrogen and oxygen atoms in total. The molecule has 24 heavy (non-hydrogen) atoms. The normalized spacial score (nSPS) is 17.0. The summed E-state index contributed by atoms with van der Waals surface area (Å²) in [5, 5.41) is 5.36. The first-order chi connectivity index (χ1) is 11.5. The Morgan fingerprint density at radius 2 is 2.00 bits per heavy atom. The summed E-state index contributed by atoms with van der Waals surface area (Å²) in [5.74, 6) is 0.532. The fourth-order valence-corrected chi connectivity index (χ4v) is 2.63. The Hall–Kier alpha value is -2.70. The number of carbonyl (C=O) groups is 2. The molecule has 1 heterocycles. The molecule has 0 aliphatic carbocycles. The molecule has 1 aliphatic rings. The van der Waals surface area contributed by atoms with Crippen molar-refractivity contribution < 1.29 is 23.8 Å². The molecular weight excluding hydrogens is 312 g/mol. The third-order valence-corrected chi connectivity index (χ3v) is 3.59. The number of carbonyl (C=O) groups excluding carboxylic acids is 2. The monoisotopic (exact) mass is 334 g/mol. The number of amides is 2. The lowest BCUT2D eigenvalue weighted by Gasteiger charge is -2.29. The number of esters is 1. The van der Waals surface area contributed by atoms with E-state index in [1.165, 1.54) is 7.11 Å². The Balaban J connectivity index is 2.57. The maximum Gasteiger partial charge on any atom is 0.338 e. The van der Waals surface area contributed by atoms with Gasteiger partial charge in [-0.05, 0) is 26.8 Å². The van der Waals surface area contributed by atoms with Gasteiger partial charge in [-0.3, -0.25) is 0 Å². The fraction of sp³-hybridized carbons (Fsp3) is 0.412. The Kier molecular flexibility index (Phi) is 5.68. The lowest BCUT2D eigenvalue weighted by atomic mass is 9.94. The molecule has 0 saturated heterocycles. The summed E-state index contributed by atoms with van der Waals surface area (Å²) in [5.41, 5.74) is 1.42. The van der Waals surface area contributed by atoms with E-state index in [1.807, 2.05) is 6.92 Å². The average Bonchev–Trinajstić information content (AvgIpc) is 2.54. The first kappa shape index (κ1) is 17.7. The minimum Gasteiger partial charge on any atom is -0.493 e. The molecule has 1 aromatic carbocycles. The van der Waals surface area contributed by atoms with Gasteiger partial charge < -0.3 is 24.8 Å². The second-order valence-electron chi connectivity index (χ2n) is 5.10. The molecule has 130 valence electrons. The van der Waals surface area contributed by atoms with Gasteiger partial charge in [0.15, 0.2) is 11.5 Å². The molecule has 2 N–H and O–H groups in total. The van der Waals surface area contributed by atoms with E-state index in [9.17, 15) is 9.59 Å². The van der Waals surface area contributed by atoms with Crippen molar-refractivity contribution in [3.63, 3.8) is 0 Å². The van der Waals surface area contributed by atoms with Crippen LogP contribution in [0.2, 0.25) is 0 Å². The van der Waals surface area contributed by atoms with Gasteiger partial charge in [-0.1, -0.05) is 12.1 Å². The van der Waals surface area contributed by atoms with E-state index < -0.39 is 18.0 Å². The van der Waals surface area contributed by atoms with Gasteiger partial charge in [0.2, 0.25) is 0 Å². The first-order valence-electron chi connectivity index (χ1n) is 7.78. The quantitative estimate of drug-likeness (QED) is 0.780. The van der Waals surface area contributed by atoms with Crippen LogP contribution in [0.15, 0.2) is 29.5 Å². The maximum atomic E-state index is 12.4. The van der Waals surface area contributed by atoms with Crippen molar-refractivity contribution in [3.05, 3.63) is 35.0 Å². The predicted molar refractivity (Wildman–Crippen MR) is 87.9 cm³/mol. The zero-order valence-electron chi connectivity index (χ0n) is 14.3. The zero-order valence-corrected chi connectivity index (χ0v) is 14.3. The van der Waals surface area contributed by atoms with E-state index in [-0.39, 0.29) is 6.61 Å². The van der Waals surface area contributed by atoms with Crippen LogP contribution in [-0.4, -0.2) is 32.3 Å². The van der Waals surface area contributed by atoms with Crippen molar-refractivity contribution in [2.45, 2.75) is 26.8 Å². The summed E-state index contributed by atoms with van der Waals surface area (Å²) < 4.78 is 16.2. The molecule has 2 rings (SSSR count). The van der Waals surface area contributed by atoms with E-state index in [4.69, 9.17) is 14.2 Å². The predicted octanol–water partition coefficient (Wildman–Crippen LogP) is 2.28. The van der Waals surface area contributed by atoms with Crippen LogP contribution in [0.5, 0.6) is 11.5 Å². The van der Waals surface area contributed by atoms with Crippen molar-refractivity contribution in [1.29, 1.82) is 0 Å². The molecule has 0 spiro atoms. The van der Waals surface area contributed by atoms with Gasteiger partial charge in [0.25, 0.3) is 0 Å². The van der Waals surface area contributed by atoms with E-state index >= 15 is 0 Å². The van der Waals surface area contributed by atoms with Gasteiger partial charge >= 0.3 is 12.0 Å². The molecule has 2 amide bonds.